The average molecular weight is 386 g/mol. The molecule has 1 aromatic carbocycles. The van der Waals surface area contributed by atoms with Gasteiger partial charge in [-0.05, 0) is 31.9 Å². The van der Waals surface area contributed by atoms with Crippen LogP contribution in [0.5, 0.6) is 5.75 Å². The molecule has 1 aliphatic rings. The Bertz CT molecular complexity index is 924. The van der Waals surface area contributed by atoms with Crippen LogP contribution in [0.15, 0.2) is 40.4 Å². The Morgan fingerprint density at radius 2 is 1.86 bits per heavy atom. The number of anilines is 1. The fourth-order valence-electron chi connectivity index (χ4n) is 3.39. The van der Waals surface area contributed by atoms with Crippen molar-refractivity contribution >= 4 is 23.2 Å². The number of aliphatic hydroxyl groups excluding tert-OH is 1. The van der Waals surface area contributed by atoms with Gasteiger partial charge in [0.2, 0.25) is 5.84 Å². The molecule has 2 heterocycles. The van der Waals surface area contributed by atoms with Crippen molar-refractivity contribution in [2.45, 2.75) is 27.2 Å². The van der Waals surface area contributed by atoms with E-state index in [0.29, 0.717) is 36.2 Å². The minimum absolute atomic E-state index is 0.0432. The zero-order valence-corrected chi connectivity index (χ0v) is 16.5. The minimum Gasteiger partial charge on any atom is -0.497 e. The van der Waals surface area contributed by atoms with E-state index in [1.165, 1.54) is 19.2 Å². The van der Waals surface area contributed by atoms with Gasteiger partial charge < -0.3 is 15.2 Å². The third-order valence-electron chi connectivity index (χ3n) is 4.58. The van der Waals surface area contributed by atoms with Gasteiger partial charge in [-0.25, -0.2) is 4.39 Å². The summed E-state index contributed by atoms with van der Waals surface area (Å²) in [5, 5.41) is 17.4. The fourth-order valence-corrected chi connectivity index (χ4v) is 3.39. The summed E-state index contributed by atoms with van der Waals surface area (Å²) in [5.74, 6) is 1.04. The van der Waals surface area contributed by atoms with E-state index >= 15 is 0 Å². The molecule has 1 atom stereocenters. The van der Waals surface area contributed by atoms with Crippen molar-refractivity contribution in [3.63, 3.8) is 0 Å². The van der Waals surface area contributed by atoms with Crippen LogP contribution >= 0.6 is 0 Å². The third-order valence-corrected chi connectivity index (χ3v) is 4.58. The second-order valence-electron chi connectivity index (χ2n) is 6.62. The zero-order chi connectivity index (χ0) is 20.3. The molecule has 3 rings (SSSR count). The predicted octanol–water partition coefficient (Wildman–Crippen LogP) is 3.35. The number of pyridine rings is 1. The maximum Gasteiger partial charge on any atom is 0.286 e. The molecule has 0 bridgehead atoms. The molecule has 0 fully saturated rings. The van der Waals surface area contributed by atoms with Gasteiger partial charge in [0.05, 0.1) is 20.1 Å². The lowest BCUT2D eigenvalue weighted by Gasteiger charge is -2.27. The Morgan fingerprint density at radius 3 is 2.46 bits per heavy atom. The Morgan fingerprint density at radius 1 is 1.14 bits per heavy atom. The van der Waals surface area contributed by atoms with Gasteiger partial charge in [0.15, 0.2) is 5.69 Å². The molecule has 28 heavy (non-hydrogen) atoms. The molecular weight excluding hydrogens is 361 g/mol. The Labute approximate surface area is 163 Å². The summed E-state index contributed by atoms with van der Waals surface area (Å²) in [6.07, 6.45) is 0.370. The van der Waals surface area contributed by atoms with Crippen LogP contribution in [0.4, 0.5) is 15.8 Å². The van der Waals surface area contributed by atoms with Crippen LogP contribution in [0.2, 0.25) is 0 Å². The second kappa shape index (κ2) is 8.04. The lowest BCUT2D eigenvalue weighted by atomic mass is 10.2. The van der Waals surface area contributed by atoms with Gasteiger partial charge >= 0.3 is 0 Å². The predicted molar refractivity (Wildman–Crippen MR) is 109 cm³/mol. The normalized spacial score (nSPS) is 18.6. The largest absolute Gasteiger partial charge is 0.497 e. The lowest BCUT2D eigenvalue weighted by molar-refractivity contribution is 0.300. The number of guanidine groups is 1. The monoisotopic (exact) mass is 386 g/mol. The highest BCUT2D eigenvalue weighted by Crippen LogP contribution is 2.31. The molecular formula is C20H25FN5O2+. The first-order valence-electron chi connectivity index (χ1n) is 9.15. The minimum atomic E-state index is -0.420. The molecule has 8 heteroatoms. The molecule has 2 aromatic rings. The van der Waals surface area contributed by atoms with Crippen molar-refractivity contribution in [2.75, 3.05) is 25.6 Å². The van der Waals surface area contributed by atoms with Crippen molar-refractivity contribution in [1.29, 1.82) is 0 Å². The first-order chi connectivity index (χ1) is 13.4. The number of hydrogen-bond donors (Lipinski definition) is 2. The molecule has 1 aliphatic heterocycles. The molecule has 0 radical (unpaired) electrons. The summed E-state index contributed by atoms with van der Waals surface area (Å²) in [6.45, 7) is 6.44. The van der Waals surface area contributed by atoms with Gasteiger partial charge in [0.1, 0.15) is 18.1 Å². The standard InChI is InChI=1S/C20H25FN5O2/c1-5-26(17-8-13(2)22-14(3)9-17)19(6-7-27)24-20(25-26)23-16-10-15(21)11-18(12-16)28-4/h8-12,27H,5-7H2,1-4H3,(H,23,25)/q+1. The summed E-state index contributed by atoms with van der Waals surface area (Å²) in [5.41, 5.74) is 3.18. The van der Waals surface area contributed by atoms with Crippen molar-refractivity contribution < 1.29 is 14.2 Å². The van der Waals surface area contributed by atoms with E-state index in [-0.39, 0.29) is 11.2 Å². The fraction of sp³-hybridized carbons (Fsp3) is 0.350. The van der Waals surface area contributed by atoms with Gasteiger partial charge in [-0.1, -0.05) is 0 Å². The van der Waals surface area contributed by atoms with Crippen molar-refractivity contribution in [3.05, 3.63) is 47.5 Å². The molecule has 2 N–H and O–H groups in total. The number of nitrogens with zero attached hydrogens (tertiary/aromatic N) is 4. The van der Waals surface area contributed by atoms with Gasteiger partial charge in [-0.3, -0.25) is 4.98 Å². The lowest BCUT2D eigenvalue weighted by Crippen LogP contribution is -2.48. The number of aryl methyl sites for hydroxylation is 2. The first-order valence-corrected chi connectivity index (χ1v) is 9.15. The van der Waals surface area contributed by atoms with Gasteiger partial charge in [-0.2, -0.15) is 4.99 Å². The topological polar surface area (TPSA) is 79.1 Å². The molecule has 0 saturated carbocycles. The number of amidine groups is 1. The maximum absolute atomic E-state index is 13.8. The van der Waals surface area contributed by atoms with E-state index in [1.54, 1.807) is 6.07 Å². The van der Waals surface area contributed by atoms with Crippen LogP contribution in [0, 0.1) is 19.7 Å². The maximum atomic E-state index is 13.8. The molecule has 1 unspecified atom stereocenters. The molecule has 0 saturated heterocycles. The van der Waals surface area contributed by atoms with Crippen LogP contribution in [0.1, 0.15) is 24.7 Å². The van der Waals surface area contributed by atoms with Crippen LogP contribution in [0.25, 0.3) is 0 Å². The summed E-state index contributed by atoms with van der Waals surface area (Å²) in [4.78, 5) is 9.04. The summed E-state index contributed by atoms with van der Waals surface area (Å²) in [7, 11) is 1.48. The number of aromatic nitrogens is 1. The zero-order valence-electron chi connectivity index (χ0n) is 16.5. The number of ether oxygens (including phenoxy) is 1. The molecule has 148 valence electrons. The third kappa shape index (κ3) is 3.88. The van der Waals surface area contributed by atoms with Gasteiger partial charge in [0, 0.05) is 41.3 Å². The molecule has 7 nitrogen and oxygen atoms in total. The molecule has 1 aromatic heterocycles. The van der Waals surface area contributed by atoms with Crippen LogP contribution < -0.4 is 14.6 Å². The number of aliphatic imine (C=N–C) groups is 1. The number of halogens is 1. The van der Waals surface area contributed by atoms with E-state index < -0.39 is 5.82 Å². The molecule has 0 amide bonds. The number of hydrogen-bond acceptors (Lipinski definition) is 6. The number of rotatable bonds is 6. The number of benzene rings is 1. The average Bonchev–Trinajstić information content (AvgIpc) is 2.99. The molecule has 0 spiro atoms. The smallest absolute Gasteiger partial charge is 0.286 e. The number of aliphatic hydroxyl groups is 1. The van der Waals surface area contributed by atoms with E-state index in [2.05, 4.69) is 15.3 Å². The first kappa shape index (κ1) is 19.9. The van der Waals surface area contributed by atoms with E-state index in [4.69, 9.17) is 9.84 Å². The van der Waals surface area contributed by atoms with E-state index in [1.807, 2.05) is 32.9 Å². The van der Waals surface area contributed by atoms with Crippen molar-refractivity contribution in [1.82, 2.24) is 9.58 Å². The van der Waals surface area contributed by atoms with Crippen molar-refractivity contribution in [2.24, 2.45) is 10.1 Å². The quantitative estimate of drug-likeness (QED) is 0.746. The summed E-state index contributed by atoms with van der Waals surface area (Å²) in [6, 6.07) is 8.28. The SMILES string of the molecule is CC[N+]1(c2cc(C)nc(C)c2)N=C(Nc2cc(F)cc(OC)c2)N=C1CCO. The number of methoxy groups -OCH3 is 1. The van der Waals surface area contributed by atoms with Gasteiger partial charge in [-0.15, -0.1) is 4.59 Å². The highest BCUT2D eigenvalue weighted by atomic mass is 19.1. The Balaban J connectivity index is 2.04. The number of nitrogens with one attached hydrogen (secondary N) is 1. The molecule has 0 aliphatic carbocycles. The van der Waals surface area contributed by atoms with E-state index in [9.17, 15) is 9.50 Å². The van der Waals surface area contributed by atoms with E-state index in [0.717, 1.165) is 17.1 Å². The number of quaternary nitrogens is 1. The summed E-state index contributed by atoms with van der Waals surface area (Å²) < 4.78 is 19.1. The van der Waals surface area contributed by atoms with Crippen molar-refractivity contribution in [3.8, 4) is 5.75 Å². The highest BCUT2D eigenvalue weighted by Gasteiger charge is 2.42. The Hall–Kier alpha value is -2.84. The highest BCUT2D eigenvalue weighted by molar-refractivity contribution is 6.10. The van der Waals surface area contributed by atoms with Crippen LogP contribution in [-0.2, 0) is 0 Å². The van der Waals surface area contributed by atoms with Crippen LogP contribution in [0.3, 0.4) is 0 Å². The second-order valence-corrected chi connectivity index (χ2v) is 6.62. The van der Waals surface area contributed by atoms with Gasteiger partial charge in [0.25, 0.3) is 5.96 Å². The summed E-state index contributed by atoms with van der Waals surface area (Å²) >= 11 is 0. The Kier molecular flexibility index (Phi) is 5.71. The van der Waals surface area contributed by atoms with Crippen LogP contribution in [-0.4, -0.2) is 42.1 Å².